The molecule has 1 aromatic rings. The van der Waals surface area contributed by atoms with Crippen molar-refractivity contribution in [3.63, 3.8) is 0 Å². The average Bonchev–Trinajstić information content (AvgIpc) is 2.40. The van der Waals surface area contributed by atoms with Crippen molar-refractivity contribution in [2.24, 2.45) is 0 Å². The molecule has 2 aliphatic carbocycles. The Morgan fingerprint density at radius 2 is 1.78 bits per heavy atom. The Kier molecular flexibility index (Phi) is 2.51. The largest absolute Gasteiger partial charge is 0.298 e. The highest BCUT2D eigenvalue weighted by molar-refractivity contribution is 6.07. The van der Waals surface area contributed by atoms with E-state index in [9.17, 15) is 9.59 Å². The van der Waals surface area contributed by atoms with Crippen molar-refractivity contribution in [1.29, 1.82) is 0 Å². The second-order valence-electron chi connectivity index (χ2n) is 4.86. The zero-order valence-electron chi connectivity index (χ0n) is 10.1. The van der Waals surface area contributed by atoms with Gasteiger partial charge in [0.15, 0.2) is 11.6 Å². The van der Waals surface area contributed by atoms with Crippen molar-refractivity contribution in [3.05, 3.63) is 59.7 Å². The smallest absolute Gasteiger partial charge is 0.178 e. The van der Waals surface area contributed by atoms with Crippen molar-refractivity contribution in [3.8, 4) is 0 Å². The van der Waals surface area contributed by atoms with Gasteiger partial charge in [-0.05, 0) is 36.1 Å². The molecule has 1 atom stereocenters. The van der Waals surface area contributed by atoms with Crippen LogP contribution in [0.15, 0.2) is 54.1 Å². The van der Waals surface area contributed by atoms with Crippen molar-refractivity contribution in [1.82, 2.24) is 0 Å². The summed E-state index contributed by atoms with van der Waals surface area (Å²) in [6, 6.07) is 9.75. The number of carbonyl (C=O) groups excluding carboxylic acids is 2. The number of hydrogen-bond donors (Lipinski definition) is 0. The van der Waals surface area contributed by atoms with Crippen LogP contribution in [-0.2, 0) is 15.0 Å². The normalized spacial score (nSPS) is 26.8. The van der Waals surface area contributed by atoms with Gasteiger partial charge in [-0.2, -0.15) is 0 Å². The van der Waals surface area contributed by atoms with Crippen molar-refractivity contribution in [2.45, 2.75) is 24.7 Å². The lowest BCUT2D eigenvalue weighted by Crippen LogP contribution is -2.40. The van der Waals surface area contributed by atoms with E-state index in [1.54, 1.807) is 12.2 Å². The molecule has 3 rings (SSSR count). The molecule has 0 aliphatic heterocycles. The van der Waals surface area contributed by atoms with E-state index >= 15 is 0 Å². The Labute approximate surface area is 106 Å². The first kappa shape index (κ1) is 11.1. The summed E-state index contributed by atoms with van der Waals surface area (Å²) in [6.45, 7) is 0. The van der Waals surface area contributed by atoms with Gasteiger partial charge < -0.3 is 0 Å². The van der Waals surface area contributed by atoms with E-state index in [0.717, 1.165) is 24.0 Å². The minimum atomic E-state index is -0.673. The summed E-state index contributed by atoms with van der Waals surface area (Å²) in [5, 5.41) is 0. The predicted molar refractivity (Wildman–Crippen MR) is 69.2 cm³/mol. The van der Waals surface area contributed by atoms with Crippen LogP contribution in [0, 0.1) is 0 Å². The highest BCUT2D eigenvalue weighted by atomic mass is 16.1. The van der Waals surface area contributed by atoms with Gasteiger partial charge in [-0.3, -0.25) is 9.59 Å². The lowest BCUT2D eigenvalue weighted by molar-refractivity contribution is -0.123. The second-order valence-corrected chi connectivity index (χ2v) is 4.86. The number of carbonyl (C=O) groups is 2. The van der Waals surface area contributed by atoms with E-state index in [1.165, 1.54) is 6.08 Å². The monoisotopic (exact) mass is 238 g/mol. The fourth-order valence-corrected chi connectivity index (χ4v) is 2.97. The molecule has 0 saturated heterocycles. The standard InChI is InChI=1S/C16H14O2/c17-14-9-10-16(12-5-2-1-3-6-12)13(11-14)7-4-8-15(16)18/h1-3,5-6,9-11H,4,7-8H2. The first-order valence-corrected chi connectivity index (χ1v) is 6.26. The fraction of sp³-hybridized carbons (Fsp3) is 0.250. The number of ketones is 2. The molecule has 0 aromatic heterocycles. The molecule has 1 fully saturated rings. The maximum atomic E-state index is 12.5. The summed E-state index contributed by atoms with van der Waals surface area (Å²) in [7, 11) is 0. The van der Waals surface area contributed by atoms with Gasteiger partial charge in [-0.1, -0.05) is 36.4 Å². The lowest BCUT2D eigenvalue weighted by atomic mass is 9.63. The first-order valence-electron chi connectivity index (χ1n) is 6.26. The van der Waals surface area contributed by atoms with Crippen molar-refractivity contribution < 1.29 is 9.59 Å². The number of rotatable bonds is 1. The highest BCUT2D eigenvalue weighted by Crippen LogP contribution is 2.43. The van der Waals surface area contributed by atoms with Gasteiger partial charge in [0.1, 0.15) is 0 Å². The minimum absolute atomic E-state index is 0.00810. The Balaban J connectivity index is 2.21. The van der Waals surface area contributed by atoms with Crippen LogP contribution in [0.2, 0.25) is 0 Å². The van der Waals surface area contributed by atoms with Crippen LogP contribution in [0.25, 0.3) is 0 Å². The summed E-state index contributed by atoms with van der Waals surface area (Å²) < 4.78 is 0. The molecule has 1 aromatic carbocycles. The molecule has 0 N–H and O–H groups in total. The summed E-state index contributed by atoms with van der Waals surface area (Å²) in [5.41, 5.74) is 1.26. The van der Waals surface area contributed by atoms with Crippen LogP contribution in [-0.4, -0.2) is 11.6 Å². The molecular weight excluding hydrogens is 224 g/mol. The van der Waals surface area contributed by atoms with Gasteiger partial charge in [-0.25, -0.2) is 0 Å². The van der Waals surface area contributed by atoms with Gasteiger partial charge in [-0.15, -0.1) is 0 Å². The second kappa shape index (κ2) is 4.05. The molecule has 0 spiro atoms. The molecule has 0 bridgehead atoms. The molecule has 0 radical (unpaired) electrons. The molecule has 18 heavy (non-hydrogen) atoms. The third-order valence-electron chi connectivity index (χ3n) is 3.84. The van der Waals surface area contributed by atoms with Crippen LogP contribution in [0.1, 0.15) is 24.8 Å². The lowest BCUT2D eigenvalue weighted by Gasteiger charge is -2.37. The number of fused-ring (bicyclic) bond motifs is 1. The Morgan fingerprint density at radius 1 is 1.00 bits per heavy atom. The zero-order chi connectivity index (χ0) is 12.6. The highest BCUT2D eigenvalue weighted by Gasteiger charge is 2.44. The molecule has 1 unspecified atom stereocenters. The number of benzene rings is 1. The topological polar surface area (TPSA) is 34.1 Å². The van der Waals surface area contributed by atoms with Crippen LogP contribution in [0.5, 0.6) is 0 Å². The summed E-state index contributed by atoms with van der Waals surface area (Å²) >= 11 is 0. The molecule has 2 nitrogen and oxygen atoms in total. The van der Waals surface area contributed by atoms with Crippen LogP contribution < -0.4 is 0 Å². The predicted octanol–water partition coefficient (Wildman–Crippen LogP) is 2.74. The van der Waals surface area contributed by atoms with E-state index in [-0.39, 0.29) is 11.6 Å². The molecular formula is C16H14O2. The quantitative estimate of drug-likeness (QED) is 0.754. The first-order chi connectivity index (χ1) is 8.73. The van der Waals surface area contributed by atoms with Crippen LogP contribution >= 0.6 is 0 Å². The van der Waals surface area contributed by atoms with Crippen molar-refractivity contribution in [2.75, 3.05) is 0 Å². The van der Waals surface area contributed by atoms with Crippen molar-refractivity contribution >= 4 is 11.6 Å². The Bertz CT molecular complexity index is 566. The molecule has 2 heteroatoms. The number of allylic oxidation sites excluding steroid dienone is 4. The third-order valence-corrected chi connectivity index (χ3v) is 3.84. The minimum Gasteiger partial charge on any atom is -0.298 e. The van der Waals surface area contributed by atoms with Gasteiger partial charge in [0.2, 0.25) is 0 Å². The maximum Gasteiger partial charge on any atom is 0.178 e. The van der Waals surface area contributed by atoms with E-state index < -0.39 is 5.41 Å². The molecule has 0 amide bonds. The Morgan fingerprint density at radius 3 is 2.56 bits per heavy atom. The summed E-state index contributed by atoms with van der Waals surface area (Å²) in [4.78, 5) is 24.0. The van der Waals surface area contributed by atoms with E-state index in [4.69, 9.17) is 0 Å². The van der Waals surface area contributed by atoms with Gasteiger partial charge in [0, 0.05) is 6.42 Å². The van der Waals surface area contributed by atoms with Gasteiger partial charge in [0.05, 0.1) is 5.41 Å². The van der Waals surface area contributed by atoms with Crippen LogP contribution in [0.3, 0.4) is 0 Å². The zero-order valence-corrected chi connectivity index (χ0v) is 10.1. The summed E-state index contributed by atoms with van der Waals surface area (Å²) in [6.07, 6.45) is 7.23. The summed E-state index contributed by atoms with van der Waals surface area (Å²) in [5.74, 6) is 0.196. The molecule has 90 valence electrons. The molecule has 1 saturated carbocycles. The number of Topliss-reactive ketones (excluding diaryl/α,β-unsaturated/α-hetero) is 1. The Hall–Kier alpha value is -1.96. The van der Waals surface area contributed by atoms with E-state index in [1.807, 2.05) is 30.3 Å². The van der Waals surface area contributed by atoms with E-state index in [0.29, 0.717) is 6.42 Å². The van der Waals surface area contributed by atoms with E-state index in [2.05, 4.69) is 0 Å². The van der Waals surface area contributed by atoms with Gasteiger partial charge in [0.25, 0.3) is 0 Å². The SMILES string of the molecule is O=C1C=CC2(c3ccccc3)C(=O)CCCC2=C1. The third kappa shape index (κ3) is 1.49. The molecule has 2 aliphatic rings. The maximum absolute atomic E-state index is 12.5. The molecule has 0 heterocycles. The fourth-order valence-electron chi connectivity index (χ4n) is 2.97. The number of hydrogen-bond acceptors (Lipinski definition) is 2. The van der Waals surface area contributed by atoms with Gasteiger partial charge >= 0.3 is 0 Å². The van der Waals surface area contributed by atoms with Crippen LogP contribution in [0.4, 0.5) is 0 Å². The average molecular weight is 238 g/mol.